The normalized spacial score (nSPS) is 18.4. The zero-order chi connectivity index (χ0) is 15.2. The largest absolute Gasteiger partial charge is 0.461 e. The van der Waals surface area contributed by atoms with Crippen molar-refractivity contribution in [3.63, 3.8) is 0 Å². The number of carbonyl (C=O) groups is 1. The van der Waals surface area contributed by atoms with Gasteiger partial charge in [-0.25, -0.2) is 4.79 Å². The predicted molar refractivity (Wildman–Crippen MR) is 77.7 cm³/mol. The molecule has 0 bridgehead atoms. The van der Waals surface area contributed by atoms with E-state index in [1.165, 1.54) is 12.1 Å². The highest BCUT2D eigenvalue weighted by Gasteiger charge is 2.25. The van der Waals surface area contributed by atoms with Crippen molar-refractivity contribution in [2.45, 2.75) is 25.4 Å². The Bertz CT molecular complexity index is 527. The van der Waals surface area contributed by atoms with E-state index in [4.69, 9.17) is 4.74 Å². The monoisotopic (exact) mass is 290 g/mol. The Kier molecular flexibility index (Phi) is 5.05. The van der Waals surface area contributed by atoms with Crippen LogP contribution in [0.2, 0.25) is 0 Å². The van der Waals surface area contributed by atoms with E-state index in [1.54, 1.807) is 12.1 Å². The zero-order valence-electron chi connectivity index (χ0n) is 11.7. The Hall–Kier alpha value is -2.21. The number of benzene rings is 1. The lowest BCUT2D eigenvalue weighted by atomic mass is 10.1. The summed E-state index contributed by atoms with van der Waals surface area (Å²) in [4.78, 5) is 23.6. The highest BCUT2D eigenvalue weighted by molar-refractivity contribution is 5.81. The SMILES string of the molecule is C=CC(=O)OC[C@@H]1CCCN1Cc1ccc([N+](=O)[O-])cc1. The summed E-state index contributed by atoms with van der Waals surface area (Å²) in [5.41, 5.74) is 1.11. The minimum absolute atomic E-state index is 0.0941. The first kappa shape index (κ1) is 15.2. The van der Waals surface area contributed by atoms with E-state index in [2.05, 4.69) is 11.5 Å². The number of non-ortho nitro benzene ring substituents is 1. The Labute approximate surface area is 123 Å². The summed E-state index contributed by atoms with van der Waals surface area (Å²) in [7, 11) is 0. The molecule has 21 heavy (non-hydrogen) atoms. The number of nitro benzene ring substituents is 1. The minimum Gasteiger partial charge on any atom is -0.461 e. The molecule has 1 aromatic carbocycles. The van der Waals surface area contributed by atoms with Gasteiger partial charge in [0.25, 0.3) is 5.69 Å². The number of nitrogens with zero attached hydrogens (tertiary/aromatic N) is 2. The third-order valence-electron chi connectivity index (χ3n) is 3.62. The van der Waals surface area contributed by atoms with Gasteiger partial charge in [-0.05, 0) is 24.9 Å². The molecule has 0 radical (unpaired) electrons. The molecule has 0 N–H and O–H groups in total. The maximum absolute atomic E-state index is 11.1. The molecule has 1 heterocycles. The first-order valence-corrected chi connectivity index (χ1v) is 6.86. The number of nitro groups is 1. The lowest BCUT2D eigenvalue weighted by molar-refractivity contribution is -0.384. The van der Waals surface area contributed by atoms with Crippen LogP contribution >= 0.6 is 0 Å². The third kappa shape index (κ3) is 4.13. The topological polar surface area (TPSA) is 72.7 Å². The molecule has 2 rings (SSSR count). The number of esters is 1. The van der Waals surface area contributed by atoms with Crippen LogP contribution in [0, 0.1) is 10.1 Å². The van der Waals surface area contributed by atoms with Gasteiger partial charge < -0.3 is 4.74 Å². The molecule has 0 saturated carbocycles. The van der Waals surface area contributed by atoms with Gasteiger partial charge in [-0.3, -0.25) is 15.0 Å². The fraction of sp³-hybridized carbons (Fsp3) is 0.400. The van der Waals surface area contributed by atoms with Crippen molar-refractivity contribution in [1.29, 1.82) is 0 Å². The lowest BCUT2D eigenvalue weighted by Crippen LogP contribution is -2.33. The van der Waals surface area contributed by atoms with Crippen molar-refractivity contribution in [1.82, 2.24) is 4.90 Å². The number of hydrogen-bond donors (Lipinski definition) is 0. The smallest absolute Gasteiger partial charge is 0.330 e. The van der Waals surface area contributed by atoms with E-state index in [-0.39, 0.29) is 11.7 Å². The molecule has 6 nitrogen and oxygen atoms in total. The van der Waals surface area contributed by atoms with Crippen molar-refractivity contribution in [2.24, 2.45) is 0 Å². The number of hydrogen-bond acceptors (Lipinski definition) is 5. The van der Waals surface area contributed by atoms with E-state index < -0.39 is 10.9 Å². The van der Waals surface area contributed by atoms with Gasteiger partial charge in [0.15, 0.2) is 0 Å². The second kappa shape index (κ2) is 6.99. The molecule has 1 aliphatic heterocycles. The first-order valence-electron chi connectivity index (χ1n) is 6.86. The lowest BCUT2D eigenvalue weighted by Gasteiger charge is -2.23. The zero-order valence-corrected chi connectivity index (χ0v) is 11.7. The van der Waals surface area contributed by atoms with Crippen LogP contribution in [0.25, 0.3) is 0 Å². The first-order chi connectivity index (χ1) is 10.1. The molecule has 1 saturated heterocycles. The van der Waals surface area contributed by atoms with Crippen molar-refractivity contribution in [3.05, 3.63) is 52.6 Å². The molecule has 0 spiro atoms. The van der Waals surface area contributed by atoms with Gasteiger partial charge in [-0.1, -0.05) is 18.7 Å². The summed E-state index contributed by atoms with van der Waals surface area (Å²) in [6.07, 6.45) is 3.20. The Balaban J connectivity index is 1.92. The molecule has 6 heteroatoms. The van der Waals surface area contributed by atoms with Gasteiger partial charge >= 0.3 is 5.97 Å². The Morgan fingerprint density at radius 1 is 1.48 bits per heavy atom. The minimum atomic E-state index is -0.406. The molecule has 1 fully saturated rings. The van der Waals surface area contributed by atoms with Crippen LogP contribution in [0.5, 0.6) is 0 Å². The standard InChI is InChI=1S/C15H18N2O4/c1-2-15(18)21-11-14-4-3-9-16(14)10-12-5-7-13(8-6-12)17(19)20/h2,5-8,14H,1,3-4,9-11H2/t14-/m0/s1. The molecule has 1 aliphatic rings. The summed E-state index contributed by atoms with van der Waals surface area (Å²) < 4.78 is 5.11. The van der Waals surface area contributed by atoms with Crippen LogP contribution in [0.15, 0.2) is 36.9 Å². The van der Waals surface area contributed by atoms with Crippen LogP contribution < -0.4 is 0 Å². The molecular formula is C15H18N2O4. The highest BCUT2D eigenvalue weighted by Crippen LogP contribution is 2.21. The molecule has 1 aromatic rings. The van der Waals surface area contributed by atoms with Crippen LogP contribution in [0.1, 0.15) is 18.4 Å². The Morgan fingerprint density at radius 3 is 2.81 bits per heavy atom. The predicted octanol–water partition coefficient (Wildman–Crippen LogP) is 2.29. The summed E-state index contributed by atoms with van der Waals surface area (Å²) in [5, 5.41) is 10.6. The van der Waals surface area contributed by atoms with Crippen molar-refractivity contribution >= 4 is 11.7 Å². The maximum atomic E-state index is 11.1. The quantitative estimate of drug-likeness (QED) is 0.348. The van der Waals surface area contributed by atoms with Gasteiger partial charge in [0.2, 0.25) is 0 Å². The molecule has 1 atom stereocenters. The third-order valence-corrected chi connectivity index (χ3v) is 3.62. The number of likely N-dealkylation sites (tertiary alicyclic amines) is 1. The number of ether oxygens (including phenoxy) is 1. The molecule has 0 amide bonds. The highest BCUT2D eigenvalue weighted by atomic mass is 16.6. The van der Waals surface area contributed by atoms with Crippen LogP contribution in [0.3, 0.4) is 0 Å². The van der Waals surface area contributed by atoms with E-state index in [1.807, 2.05) is 0 Å². The van der Waals surface area contributed by atoms with Crippen molar-refractivity contribution in [2.75, 3.05) is 13.2 Å². The molecule has 0 unspecified atom stereocenters. The van der Waals surface area contributed by atoms with Gasteiger partial charge in [-0.15, -0.1) is 0 Å². The number of rotatable bonds is 6. The van der Waals surface area contributed by atoms with Gasteiger partial charge in [0.05, 0.1) is 4.92 Å². The van der Waals surface area contributed by atoms with E-state index in [0.29, 0.717) is 13.2 Å². The van der Waals surface area contributed by atoms with E-state index in [9.17, 15) is 14.9 Å². The van der Waals surface area contributed by atoms with Gasteiger partial charge in [0.1, 0.15) is 6.61 Å². The summed E-state index contributed by atoms with van der Waals surface area (Å²) in [5.74, 6) is -0.405. The average Bonchev–Trinajstić information content (AvgIpc) is 2.92. The van der Waals surface area contributed by atoms with Crippen LogP contribution in [-0.4, -0.2) is 35.0 Å². The van der Waals surface area contributed by atoms with Crippen molar-refractivity contribution in [3.8, 4) is 0 Å². The molecule has 112 valence electrons. The molecule has 0 aliphatic carbocycles. The molecular weight excluding hydrogens is 272 g/mol. The van der Waals surface area contributed by atoms with E-state index in [0.717, 1.165) is 31.0 Å². The maximum Gasteiger partial charge on any atom is 0.330 e. The second-order valence-electron chi connectivity index (χ2n) is 5.02. The van der Waals surface area contributed by atoms with Gasteiger partial charge in [-0.2, -0.15) is 0 Å². The van der Waals surface area contributed by atoms with Crippen molar-refractivity contribution < 1.29 is 14.5 Å². The fourth-order valence-corrected chi connectivity index (χ4v) is 2.49. The summed E-state index contributed by atoms with van der Waals surface area (Å²) in [6, 6.07) is 6.76. The summed E-state index contributed by atoms with van der Waals surface area (Å²) >= 11 is 0. The van der Waals surface area contributed by atoms with Gasteiger partial charge in [0, 0.05) is 30.8 Å². The number of carbonyl (C=O) groups excluding carboxylic acids is 1. The molecule has 0 aromatic heterocycles. The van der Waals surface area contributed by atoms with Crippen LogP contribution in [-0.2, 0) is 16.1 Å². The summed E-state index contributed by atoms with van der Waals surface area (Å²) in [6.45, 7) is 5.37. The second-order valence-corrected chi connectivity index (χ2v) is 5.02. The van der Waals surface area contributed by atoms with E-state index >= 15 is 0 Å². The fourth-order valence-electron chi connectivity index (χ4n) is 2.49. The Morgan fingerprint density at radius 2 is 2.19 bits per heavy atom. The average molecular weight is 290 g/mol. The van der Waals surface area contributed by atoms with Crippen LogP contribution in [0.4, 0.5) is 5.69 Å².